The lowest BCUT2D eigenvalue weighted by atomic mass is 10.1. The van der Waals surface area contributed by atoms with Crippen LogP contribution in [0.5, 0.6) is 0 Å². The number of ether oxygens (including phenoxy) is 1. The second-order valence-electron chi connectivity index (χ2n) is 4.53. The van der Waals surface area contributed by atoms with Crippen molar-refractivity contribution in [2.45, 2.75) is 25.8 Å². The van der Waals surface area contributed by atoms with Crippen molar-refractivity contribution in [1.29, 1.82) is 0 Å². The van der Waals surface area contributed by atoms with Gasteiger partial charge in [-0.3, -0.25) is 9.78 Å². The van der Waals surface area contributed by atoms with Gasteiger partial charge in [-0.05, 0) is 43.4 Å². The second kappa shape index (κ2) is 5.77. The van der Waals surface area contributed by atoms with Gasteiger partial charge in [-0.1, -0.05) is 0 Å². The van der Waals surface area contributed by atoms with Crippen LogP contribution >= 0.6 is 0 Å². The van der Waals surface area contributed by atoms with Gasteiger partial charge in [-0.15, -0.1) is 0 Å². The Balaban J connectivity index is 1.69. The molecule has 0 spiro atoms. The SMILES string of the molecule is C[C@H](NC(=O)COCC1CC1)c1ccncc1. The van der Waals surface area contributed by atoms with Gasteiger partial charge in [0, 0.05) is 12.4 Å². The van der Waals surface area contributed by atoms with Crippen molar-refractivity contribution in [2.75, 3.05) is 13.2 Å². The minimum atomic E-state index is -0.0602. The summed E-state index contributed by atoms with van der Waals surface area (Å²) in [5.74, 6) is 0.635. The summed E-state index contributed by atoms with van der Waals surface area (Å²) in [6, 6.07) is 3.79. The van der Waals surface area contributed by atoms with Crippen LogP contribution in [0.2, 0.25) is 0 Å². The van der Waals surface area contributed by atoms with Crippen molar-refractivity contribution >= 4 is 5.91 Å². The average Bonchev–Trinajstić information content (AvgIpc) is 3.14. The quantitative estimate of drug-likeness (QED) is 0.814. The summed E-state index contributed by atoms with van der Waals surface area (Å²) < 4.78 is 5.33. The number of carbonyl (C=O) groups is 1. The van der Waals surface area contributed by atoms with Gasteiger partial charge in [0.1, 0.15) is 6.61 Å². The molecular formula is C13H18N2O2. The van der Waals surface area contributed by atoms with Gasteiger partial charge in [0.25, 0.3) is 0 Å². The Morgan fingerprint density at radius 1 is 1.53 bits per heavy atom. The zero-order chi connectivity index (χ0) is 12.1. The normalized spacial score (nSPS) is 16.5. The lowest BCUT2D eigenvalue weighted by Gasteiger charge is -2.14. The topological polar surface area (TPSA) is 51.2 Å². The number of rotatable bonds is 6. The molecule has 1 N–H and O–H groups in total. The van der Waals surface area contributed by atoms with Crippen LogP contribution in [0.25, 0.3) is 0 Å². The number of pyridine rings is 1. The lowest BCUT2D eigenvalue weighted by Crippen LogP contribution is -2.30. The van der Waals surface area contributed by atoms with E-state index in [1.54, 1.807) is 12.4 Å². The molecule has 1 amide bonds. The van der Waals surface area contributed by atoms with E-state index in [9.17, 15) is 4.79 Å². The Labute approximate surface area is 101 Å². The largest absolute Gasteiger partial charge is 0.371 e. The van der Waals surface area contributed by atoms with Gasteiger partial charge in [0.05, 0.1) is 12.6 Å². The molecule has 0 saturated heterocycles. The highest BCUT2D eigenvalue weighted by molar-refractivity contribution is 5.77. The Kier molecular flexibility index (Phi) is 4.09. The van der Waals surface area contributed by atoms with E-state index in [2.05, 4.69) is 10.3 Å². The maximum Gasteiger partial charge on any atom is 0.246 e. The molecule has 1 aromatic rings. The molecule has 1 saturated carbocycles. The summed E-state index contributed by atoms with van der Waals surface area (Å²) in [6.45, 7) is 2.83. The molecule has 1 aliphatic carbocycles. The van der Waals surface area contributed by atoms with E-state index in [1.807, 2.05) is 19.1 Å². The predicted molar refractivity (Wildman–Crippen MR) is 64.3 cm³/mol. The van der Waals surface area contributed by atoms with E-state index in [1.165, 1.54) is 12.8 Å². The summed E-state index contributed by atoms with van der Waals surface area (Å²) >= 11 is 0. The molecule has 1 fully saturated rings. The van der Waals surface area contributed by atoms with Gasteiger partial charge < -0.3 is 10.1 Å². The molecule has 0 unspecified atom stereocenters. The molecular weight excluding hydrogens is 216 g/mol. The first-order valence-corrected chi connectivity index (χ1v) is 6.02. The molecule has 17 heavy (non-hydrogen) atoms. The van der Waals surface area contributed by atoms with E-state index >= 15 is 0 Å². The molecule has 1 aromatic heterocycles. The van der Waals surface area contributed by atoms with Crippen LogP contribution in [0.15, 0.2) is 24.5 Å². The van der Waals surface area contributed by atoms with Gasteiger partial charge in [-0.25, -0.2) is 0 Å². The van der Waals surface area contributed by atoms with E-state index < -0.39 is 0 Å². The van der Waals surface area contributed by atoms with E-state index in [-0.39, 0.29) is 18.6 Å². The molecule has 0 aliphatic heterocycles. The van der Waals surface area contributed by atoms with Crippen molar-refractivity contribution < 1.29 is 9.53 Å². The fourth-order valence-corrected chi connectivity index (χ4v) is 1.62. The highest BCUT2D eigenvalue weighted by atomic mass is 16.5. The Bertz CT molecular complexity index is 363. The standard InChI is InChI=1S/C13H18N2O2/c1-10(12-4-6-14-7-5-12)15-13(16)9-17-8-11-2-3-11/h4-7,10-11H,2-3,8-9H2,1H3,(H,15,16)/t10-/m0/s1. The molecule has 1 atom stereocenters. The van der Waals surface area contributed by atoms with Crippen molar-refractivity contribution in [3.8, 4) is 0 Å². The van der Waals surface area contributed by atoms with Crippen LogP contribution in [0.1, 0.15) is 31.4 Å². The molecule has 0 bridgehead atoms. The summed E-state index contributed by atoms with van der Waals surface area (Å²) in [4.78, 5) is 15.5. The van der Waals surface area contributed by atoms with Gasteiger partial charge in [0.2, 0.25) is 5.91 Å². The molecule has 0 aromatic carbocycles. The predicted octanol–water partition coefficient (Wildman–Crippen LogP) is 1.69. The number of nitrogens with one attached hydrogen (secondary N) is 1. The first kappa shape index (κ1) is 12.0. The summed E-state index contributed by atoms with van der Waals surface area (Å²) in [7, 11) is 0. The maximum absolute atomic E-state index is 11.6. The van der Waals surface area contributed by atoms with Crippen molar-refractivity contribution in [3.63, 3.8) is 0 Å². The van der Waals surface area contributed by atoms with Crippen molar-refractivity contribution in [1.82, 2.24) is 10.3 Å². The molecule has 4 nitrogen and oxygen atoms in total. The van der Waals surface area contributed by atoms with E-state index in [4.69, 9.17) is 4.74 Å². The first-order chi connectivity index (χ1) is 8.25. The molecule has 92 valence electrons. The number of aromatic nitrogens is 1. The highest BCUT2D eigenvalue weighted by Crippen LogP contribution is 2.28. The number of hydrogen-bond acceptors (Lipinski definition) is 3. The van der Waals surface area contributed by atoms with Crippen LogP contribution in [0.4, 0.5) is 0 Å². The fourth-order valence-electron chi connectivity index (χ4n) is 1.62. The Morgan fingerprint density at radius 3 is 2.88 bits per heavy atom. The molecule has 0 radical (unpaired) electrons. The van der Waals surface area contributed by atoms with Crippen LogP contribution in [0, 0.1) is 5.92 Å². The summed E-state index contributed by atoms with van der Waals surface area (Å²) in [5.41, 5.74) is 1.05. The smallest absolute Gasteiger partial charge is 0.246 e. The second-order valence-corrected chi connectivity index (χ2v) is 4.53. The van der Waals surface area contributed by atoms with Crippen LogP contribution in [-0.4, -0.2) is 24.1 Å². The Morgan fingerprint density at radius 2 is 2.24 bits per heavy atom. The molecule has 1 heterocycles. The number of amides is 1. The van der Waals surface area contributed by atoms with Crippen LogP contribution in [-0.2, 0) is 9.53 Å². The minimum Gasteiger partial charge on any atom is -0.371 e. The highest BCUT2D eigenvalue weighted by Gasteiger charge is 2.21. The number of carbonyl (C=O) groups excluding carboxylic acids is 1. The zero-order valence-electron chi connectivity index (χ0n) is 10.1. The monoisotopic (exact) mass is 234 g/mol. The average molecular weight is 234 g/mol. The third-order valence-corrected chi connectivity index (χ3v) is 2.87. The molecule has 4 heteroatoms. The lowest BCUT2D eigenvalue weighted by molar-refractivity contribution is -0.126. The fraction of sp³-hybridized carbons (Fsp3) is 0.538. The van der Waals surface area contributed by atoms with E-state index in [0.717, 1.165) is 12.2 Å². The van der Waals surface area contributed by atoms with Crippen molar-refractivity contribution in [2.24, 2.45) is 5.92 Å². The summed E-state index contributed by atoms with van der Waals surface area (Å²) in [5, 5.41) is 2.90. The van der Waals surface area contributed by atoms with Gasteiger partial charge in [0.15, 0.2) is 0 Å². The summed E-state index contributed by atoms with van der Waals surface area (Å²) in [6.07, 6.45) is 5.94. The number of nitrogens with zero attached hydrogens (tertiary/aromatic N) is 1. The van der Waals surface area contributed by atoms with Crippen molar-refractivity contribution in [3.05, 3.63) is 30.1 Å². The maximum atomic E-state index is 11.6. The number of hydrogen-bond donors (Lipinski definition) is 1. The van der Waals surface area contributed by atoms with E-state index in [0.29, 0.717) is 5.92 Å². The minimum absolute atomic E-state index is 0.00461. The van der Waals surface area contributed by atoms with Gasteiger partial charge in [-0.2, -0.15) is 0 Å². The van der Waals surface area contributed by atoms with Crippen LogP contribution < -0.4 is 5.32 Å². The van der Waals surface area contributed by atoms with Crippen LogP contribution in [0.3, 0.4) is 0 Å². The molecule has 2 rings (SSSR count). The third kappa shape index (κ3) is 4.15. The third-order valence-electron chi connectivity index (χ3n) is 2.87. The Hall–Kier alpha value is -1.42. The molecule has 1 aliphatic rings. The first-order valence-electron chi connectivity index (χ1n) is 6.02. The van der Waals surface area contributed by atoms with Gasteiger partial charge >= 0.3 is 0 Å². The zero-order valence-corrected chi connectivity index (χ0v) is 10.1.